The van der Waals surface area contributed by atoms with Crippen molar-refractivity contribution >= 4 is 17.5 Å². The van der Waals surface area contributed by atoms with Crippen LogP contribution in [-0.4, -0.2) is 51.4 Å². The third kappa shape index (κ3) is 6.11. The Bertz CT molecular complexity index is 743. The van der Waals surface area contributed by atoms with Crippen LogP contribution in [0.1, 0.15) is 17.2 Å². The van der Waals surface area contributed by atoms with Crippen LogP contribution in [0, 0.1) is 0 Å². The maximum Gasteiger partial charge on any atom is 0.309 e. The Labute approximate surface area is 161 Å². The lowest BCUT2D eigenvalue weighted by Gasteiger charge is -2.25. The second kappa shape index (κ2) is 9.73. The van der Waals surface area contributed by atoms with E-state index in [1.54, 1.807) is 0 Å². The van der Waals surface area contributed by atoms with E-state index in [0.717, 1.165) is 16.8 Å². The Balaban J connectivity index is 1.90. The number of likely N-dealkylation sites (N-methyl/N-ethyl adjacent to an activating group) is 1. The van der Waals surface area contributed by atoms with Crippen LogP contribution in [0.15, 0.2) is 54.6 Å². The number of carbonyl (C=O) groups excluding carboxylic acids is 2. The number of carbonyl (C=O) groups is 2. The highest BCUT2D eigenvalue weighted by Gasteiger charge is 2.18. The molecule has 0 saturated carbocycles. The Hall–Kier alpha value is -2.86. The molecule has 0 aromatic heterocycles. The summed E-state index contributed by atoms with van der Waals surface area (Å²) in [5.41, 5.74) is 3.14. The highest BCUT2D eigenvalue weighted by Crippen LogP contribution is 2.20. The van der Waals surface area contributed by atoms with Gasteiger partial charge in [-0.1, -0.05) is 42.5 Å². The molecule has 27 heavy (non-hydrogen) atoms. The third-order valence-corrected chi connectivity index (χ3v) is 4.38. The highest BCUT2D eigenvalue weighted by molar-refractivity contribution is 6.35. The number of benzene rings is 2. The van der Waals surface area contributed by atoms with E-state index in [2.05, 4.69) is 10.6 Å². The Morgan fingerprint density at radius 3 is 2.00 bits per heavy atom. The molecule has 0 radical (unpaired) electrons. The quantitative estimate of drug-likeness (QED) is 0.732. The highest BCUT2D eigenvalue weighted by atomic mass is 16.2. The summed E-state index contributed by atoms with van der Waals surface area (Å²) >= 11 is 0. The number of nitrogens with zero attached hydrogens (tertiary/aromatic N) is 2. The van der Waals surface area contributed by atoms with Crippen molar-refractivity contribution in [2.45, 2.75) is 12.6 Å². The topological polar surface area (TPSA) is 64.7 Å². The van der Waals surface area contributed by atoms with E-state index < -0.39 is 11.8 Å². The molecule has 1 atom stereocenters. The number of hydrogen-bond acceptors (Lipinski definition) is 4. The first-order valence-electron chi connectivity index (χ1n) is 8.92. The number of amides is 2. The molecule has 0 spiro atoms. The van der Waals surface area contributed by atoms with Crippen molar-refractivity contribution in [2.24, 2.45) is 0 Å². The lowest BCUT2D eigenvalue weighted by molar-refractivity contribution is -0.139. The van der Waals surface area contributed by atoms with Gasteiger partial charge >= 0.3 is 11.8 Å². The molecular weight excluding hydrogens is 340 g/mol. The first kappa shape index (κ1) is 20.5. The van der Waals surface area contributed by atoms with Crippen molar-refractivity contribution in [3.8, 4) is 0 Å². The summed E-state index contributed by atoms with van der Waals surface area (Å²) in [5, 5.41) is 5.37. The van der Waals surface area contributed by atoms with Crippen LogP contribution >= 0.6 is 0 Å². The fraction of sp³-hybridized carbons (Fsp3) is 0.333. The van der Waals surface area contributed by atoms with E-state index >= 15 is 0 Å². The minimum Gasteiger partial charge on any atom is -0.378 e. The van der Waals surface area contributed by atoms with Gasteiger partial charge in [0.25, 0.3) is 0 Å². The normalized spacial score (nSPS) is 11.7. The molecule has 0 saturated heterocycles. The summed E-state index contributed by atoms with van der Waals surface area (Å²) in [6.45, 7) is 0.683. The van der Waals surface area contributed by atoms with Gasteiger partial charge in [-0.25, -0.2) is 0 Å². The summed E-state index contributed by atoms with van der Waals surface area (Å²) in [6, 6.07) is 17.6. The number of nitrogens with one attached hydrogen (secondary N) is 2. The summed E-state index contributed by atoms with van der Waals surface area (Å²) < 4.78 is 0. The zero-order valence-electron chi connectivity index (χ0n) is 16.4. The van der Waals surface area contributed by atoms with Crippen LogP contribution < -0.4 is 15.5 Å². The second-order valence-electron chi connectivity index (χ2n) is 6.84. The van der Waals surface area contributed by atoms with Gasteiger partial charge in [0.15, 0.2) is 0 Å². The van der Waals surface area contributed by atoms with Crippen LogP contribution in [0.4, 0.5) is 5.69 Å². The number of hydrogen-bond donors (Lipinski definition) is 2. The minimum atomic E-state index is -0.626. The molecule has 2 aromatic carbocycles. The van der Waals surface area contributed by atoms with Gasteiger partial charge in [-0.05, 0) is 37.4 Å². The average Bonchev–Trinajstić information content (AvgIpc) is 2.67. The van der Waals surface area contributed by atoms with Crippen LogP contribution in [0.5, 0.6) is 0 Å². The maximum absolute atomic E-state index is 12.1. The molecule has 2 aromatic rings. The number of rotatable bonds is 7. The predicted octanol–water partition coefficient (Wildman–Crippen LogP) is 1.79. The minimum absolute atomic E-state index is 0.0212. The summed E-state index contributed by atoms with van der Waals surface area (Å²) in [4.78, 5) is 28.2. The van der Waals surface area contributed by atoms with Gasteiger partial charge in [-0.2, -0.15) is 0 Å². The lowest BCUT2D eigenvalue weighted by atomic mass is 10.1. The van der Waals surface area contributed by atoms with E-state index in [9.17, 15) is 9.59 Å². The zero-order valence-corrected chi connectivity index (χ0v) is 16.4. The SMILES string of the molecule is CN(C)c1ccc(C(CNC(=O)C(=O)NCc2ccccc2)N(C)C)cc1. The lowest BCUT2D eigenvalue weighted by Crippen LogP contribution is -2.42. The molecule has 6 nitrogen and oxygen atoms in total. The summed E-state index contributed by atoms with van der Waals surface area (Å²) in [6.07, 6.45) is 0. The molecule has 0 bridgehead atoms. The Kier molecular flexibility index (Phi) is 7.37. The second-order valence-corrected chi connectivity index (χ2v) is 6.84. The molecule has 0 heterocycles. The molecule has 0 aliphatic carbocycles. The largest absolute Gasteiger partial charge is 0.378 e. The van der Waals surface area contributed by atoms with Crippen molar-refractivity contribution in [3.63, 3.8) is 0 Å². The first-order valence-corrected chi connectivity index (χ1v) is 8.92. The third-order valence-electron chi connectivity index (χ3n) is 4.38. The molecule has 0 aliphatic heterocycles. The van der Waals surface area contributed by atoms with Gasteiger partial charge in [-0.3, -0.25) is 9.59 Å². The van der Waals surface area contributed by atoms with E-state index in [0.29, 0.717) is 13.1 Å². The van der Waals surface area contributed by atoms with E-state index in [-0.39, 0.29) is 6.04 Å². The molecule has 0 fully saturated rings. The van der Waals surface area contributed by atoms with Crippen LogP contribution in [0.2, 0.25) is 0 Å². The molecule has 0 aliphatic rings. The molecular formula is C21H28N4O2. The van der Waals surface area contributed by atoms with E-state index in [1.807, 2.05) is 92.6 Å². The van der Waals surface area contributed by atoms with Crippen LogP contribution in [0.3, 0.4) is 0 Å². The van der Waals surface area contributed by atoms with E-state index in [4.69, 9.17) is 0 Å². The molecule has 6 heteroatoms. The molecule has 2 N–H and O–H groups in total. The predicted molar refractivity (Wildman–Crippen MR) is 108 cm³/mol. The first-order chi connectivity index (χ1) is 12.9. The van der Waals surface area contributed by atoms with Crippen molar-refractivity contribution < 1.29 is 9.59 Å². The van der Waals surface area contributed by atoms with Gasteiger partial charge in [-0.15, -0.1) is 0 Å². The monoisotopic (exact) mass is 368 g/mol. The Morgan fingerprint density at radius 1 is 0.852 bits per heavy atom. The van der Waals surface area contributed by atoms with Crippen molar-refractivity contribution in [1.29, 1.82) is 0 Å². The van der Waals surface area contributed by atoms with E-state index in [1.165, 1.54) is 0 Å². The zero-order chi connectivity index (χ0) is 19.8. The standard InChI is InChI=1S/C21H28N4O2/c1-24(2)18-12-10-17(11-13-18)19(25(3)4)15-23-21(27)20(26)22-14-16-8-6-5-7-9-16/h5-13,19H,14-15H2,1-4H3,(H,22,26)(H,23,27). The van der Waals surface area contributed by atoms with Crippen LogP contribution in [0.25, 0.3) is 0 Å². The average molecular weight is 368 g/mol. The number of anilines is 1. The summed E-state index contributed by atoms with van der Waals surface area (Å²) in [5.74, 6) is -1.25. The van der Waals surface area contributed by atoms with Gasteiger partial charge in [0.05, 0.1) is 6.04 Å². The molecule has 2 amide bonds. The van der Waals surface area contributed by atoms with Crippen LogP contribution in [-0.2, 0) is 16.1 Å². The fourth-order valence-corrected chi connectivity index (χ4v) is 2.72. The van der Waals surface area contributed by atoms with Gasteiger partial charge in [0, 0.05) is 32.9 Å². The molecule has 144 valence electrons. The Morgan fingerprint density at radius 2 is 1.44 bits per heavy atom. The smallest absolute Gasteiger partial charge is 0.309 e. The maximum atomic E-state index is 12.1. The summed E-state index contributed by atoms with van der Waals surface area (Å²) in [7, 11) is 7.89. The van der Waals surface area contributed by atoms with Gasteiger partial charge < -0.3 is 20.4 Å². The fourth-order valence-electron chi connectivity index (χ4n) is 2.72. The van der Waals surface area contributed by atoms with Gasteiger partial charge in [0.1, 0.15) is 0 Å². The van der Waals surface area contributed by atoms with Crippen molar-refractivity contribution in [1.82, 2.24) is 15.5 Å². The van der Waals surface area contributed by atoms with Crippen molar-refractivity contribution in [3.05, 3.63) is 65.7 Å². The molecule has 1 unspecified atom stereocenters. The van der Waals surface area contributed by atoms with Gasteiger partial charge in [0.2, 0.25) is 0 Å². The van der Waals surface area contributed by atoms with Crippen molar-refractivity contribution in [2.75, 3.05) is 39.6 Å². The molecule has 2 rings (SSSR count).